The predicted molar refractivity (Wildman–Crippen MR) is 78.4 cm³/mol. The van der Waals surface area contributed by atoms with Gasteiger partial charge < -0.3 is 9.47 Å². The van der Waals surface area contributed by atoms with Gasteiger partial charge in [0.15, 0.2) is 9.84 Å². The van der Waals surface area contributed by atoms with E-state index in [0.29, 0.717) is 12.8 Å². The van der Waals surface area contributed by atoms with E-state index in [1.165, 1.54) is 0 Å². The van der Waals surface area contributed by atoms with Gasteiger partial charge in [-0.2, -0.15) is 0 Å². The van der Waals surface area contributed by atoms with Crippen molar-refractivity contribution < 1.29 is 13.2 Å². The van der Waals surface area contributed by atoms with E-state index in [4.69, 9.17) is 0 Å². The summed E-state index contributed by atoms with van der Waals surface area (Å²) in [4.78, 5) is 13.9. The first-order chi connectivity index (χ1) is 9.21. The minimum atomic E-state index is -2.96. The van der Waals surface area contributed by atoms with E-state index >= 15 is 0 Å². The van der Waals surface area contributed by atoms with Gasteiger partial charge in [0.05, 0.1) is 17.9 Å². The minimum absolute atomic E-state index is 0.0131. The third kappa shape index (κ3) is 2.90. The fraction of sp³-hybridized carbons (Fsp3) is 0.643. The monoisotopic (exact) mass is 298 g/mol. The second-order valence-corrected chi connectivity index (χ2v) is 7.92. The molecule has 1 atom stereocenters. The molecule has 0 aromatic carbocycles. The van der Waals surface area contributed by atoms with Crippen molar-refractivity contribution in [1.82, 2.24) is 9.47 Å². The largest absolute Gasteiger partial charge is 0.352 e. The highest BCUT2D eigenvalue weighted by molar-refractivity contribution is 7.91. The molecule has 112 valence electrons. The van der Waals surface area contributed by atoms with Crippen LogP contribution in [0.25, 0.3) is 0 Å². The maximum absolute atomic E-state index is 12.3. The van der Waals surface area contributed by atoms with Gasteiger partial charge in [-0.25, -0.2) is 8.42 Å². The SMILES string of the molecule is Cc1cc(CC(=O)N(C)C2CCS(=O)(=O)C2)c(C)n1C. The lowest BCUT2D eigenvalue weighted by Gasteiger charge is -2.23. The maximum Gasteiger partial charge on any atom is 0.227 e. The molecule has 6 heteroatoms. The zero-order chi connectivity index (χ0) is 15.1. The van der Waals surface area contributed by atoms with E-state index < -0.39 is 9.84 Å². The van der Waals surface area contributed by atoms with Crippen LogP contribution in [0.1, 0.15) is 23.4 Å². The number of aryl methyl sites for hydroxylation is 1. The molecule has 1 saturated heterocycles. The van der Waals surface area contributed by atoms with Crippen LogP contribution in [0.15, 0.2) is 6.07 Å². The molecule has 1 aromatic heterocycles. The molecule has 1 aliphatic heterocycles. The van der Waals surface area contributed by atoms with Crippen molar-refractivity contribution in [2.75, 3.05) is 18.6 Å². The van der Waals surface area contributed by atoms with Crippen LogP contribution in [-0.2, 0) is 28.1 Å². The molecule has 0 bridgehead atoms. The number of carbonyl (C=O) groups is 1. The number of sulfone groups is 1. The molecule has 1 fully saturated rings. The summed E-state index contributed by atoms with van der Waals surface area (Å²) in [6.07, 6.45) is 0.887. The Balaban J connectivity index is 2.07. The van der Waals surface area contributed by atoms with Gasteiger partial charge in [0.2, 0.25) is 5.91 Å². The number of hydrogen-bond acceptors (Lipinski definition) is 3. The smallest absolute Gasteiger partial charge is 0.227 e. The number of hydrogen-bond donors (Lipinski definition) is 0. The Labute approximate surface area is 120 Å². The Morgan fingerprint density at radius 1 is 1.45 bits per heavy atom. The lowest BCUT2D eigenvalue weighted by Crippen LogP contribution is -2.38. The molecule has 1 amide bonds. The van der Waals surface area contributed by atoms with Crippen molar-refractivity contribution in [3.63, 3.8) is 0 Å². The third-order valence-electron chi connectivity index (χ3n) is 4.37. The molecule has 2 rings (SSSR count). The maximum atomic E-state index is 12.3. The lowest BCUT2D eigenvalue weighted by atomic mass is 10.1. The minimum Gasteiger partial charge on any atom is -0.352 e. The Morgan fingerprint density at radius 2 is 2.10 bits per heavy atom. The number of aromatic nitrogens is 1. The molecule has 1 unspecified atom stereocenters. The van der Waals surface area contributed by atoms with Crippen LogP contribution in [0.5, 0.6) is 0 Å². The van der Waals surface area contributed by atoms with Crippen molar-refractivity contribution in [3.05, 3.63) is 23.0 Å². The van der Waals surface area contributed by atoms with Crippen LogP contribution in [0.3, 0.4) is 0 Å². The van der Waals surface area contributed by atoms with E-state index in [2.05, 4.69) is 4.57 Å². The van der Waals surface area contributed by atoms with Crippen LogP contribution in [-0.4, -0.2) is 48.4 Å². The average molecular weight is 298 g/mol. The molecule has 0 N–H and O–H groups in total. The van der Waals surface area contributed by atoms with Gasteiger partial charge in [-0.15, -0.1) is 0 Å². The fourth-order valence-electron chi connectivity index (χ4n) is 2.68. The summed E-state index contributed by atoms with van der Waals surface area (Å²) in [5, 5.41) is 0. The molecule has 5 nitrogen and oxygen atoms in total. The summed E-state index contributed by atoms with van der Waals surface area (Å²) in [5.41, 5.74) is 3.22. The van der Waals surface area contributed by atoms with Gasteiger partial charge in [-0.05, 0) is 31.9 Å². The van der Waals surface area contributed by atoms with Crippen LogP contribution < -0.4 is 0 Å². The van der Waals surface area contributed by atoms with Crippen LogP contribution in [0.4, 0.5) is 0 Å². The van der Waals surface area contributed by atoms with Crippen LogP contribution >= 0.6 is 0 Å². The zero-order valence-electron chi connectivity index (χ0n) is 12.5. The number of carbonyl (C=O) groups excluding carboxylic acids is 1. The van der Waals surface area contributed by atoms with E-state index in [1.54, 1.807) is 11.9 Å². The number of likely N-dealkylation sites (N-methyl/N-ethyl adjacent to an activating group) is 1. The summed E-state index contributed by atoms with van der Waals surface area (Å²) in [5.74, 6) is 0.279. The summed E-state index contributed by atoms with van der Waals surface area (Å²) in [6.45, 7) is 4.00. The molecule has 2 heterocycles. The standard InChI is InChI=1S/C14H22N2O3S/c1-10-7-12(11(2)15(10)3)8-14(17)16(4)13-5-6-20(18,19)9-13/h7,13H,5-6,8-9H2,1-4H3. The second-order valence-electron chi connectivity index (χ2n) is 5.69. The highest BCUT2D eigenvalue weighted by Gasteiger charge is 2.32. The summed E-state index contributed by atoms with van der Waals surface area (Å²) in [6, 6.07) is 1.85. The van der Waals surface area contributed by atoms with Crippen molar-refractivity contribution in [2.24, 2.45) is 7.05 Å². The van der Waals surface area contributed by atoms with E-state index in [0.717, 1.165) is 17.0 Å². The number of amides is 1. The molecule has 1 aliphatic rings. The Bertz CT molecular complexity index is 631. The summed E-state index contributed by atoms with van der Waals surface area (Å²) in [7, 11) is 0.730. The second kappa shape index (κ2) is 5.24. The molecular weight excluding hydrogens is 276 g/mol. The molecule has 0 radical (unpaired) electrons. The highest BCUT2D eigenvalue weighted by Crippen LogP contribution is 2.19. The first kappa shape index (κ1) is 15.1. The predicted octanol–water partition coefficient (Wildman–Crippen LogP) is 0.830. The molecular formula is C14H22N2O3S. The average Bonchev–Trinajstić information content (AvgIpc) is 2.84. The summed E-state index contributed by atoms with van der Waals surface area (Å²) < 4.78 is 25.0. The first-order valence-corrected chi connectivity index (χ1v) is 8.61. The number of rotatable bonds is 3. The van der Waals surface area contributed by atoms with Gasteiger partial charge in [0, 0.05) is 31.5 Å². The van der Waals surface area contributed by atoms with Gasteiger partial charge in [-0.1, -0.05) is 0 Å². The first-order valence-electron chi connectivity index (χ1n) is 6.79. The quantitative estimate of drug-likeness (QED) is 0.830. The molecule has 1 aromatic rings. The topological polar surface area (TPSA) is 59.4 Å². The fourth-order valence-corrected chi connectivity index (χ4v) is 4.46. The van der Waals surface area contributed by atoms with Gasteiger partial charge in [-0.3, -0.25) is 4.79 Å². The lowest BCUT2D eigenvalue weighted by molar-refractivity contribution is -0.130. The Morgan fingerprint density at radius 3 is 2.55 bits per heavy atom. The van der Waals surface area contributed by atoms with Crippen molar-refractivity contribution in [2.45, 2.75) is 32.7 Å². The van der Waals surface area contributed by atoms with Crippen molar-refractivity contribution in [3.8, 4) is 0 Å². The van der Waals surface area contributed by atoms with E-state index in [-0.39, 0.29) is 23.5 Å². The summed E-state index contributed by atoms with van der Waals surface area (Å²) >= 11 is 0. The van der Waals surface area contributed by atoms with Gasteiger partial charge >= 0.3 is 0 Å². The van der Waals surface area contributed by atoms with Crippen LogP contribution in [0, 0.1) is 13.8 Å². The molecule has 20 heavy (non-hydrogen) atoms. The Kier molecular flexibility index (Phi) is 3.95. The zero-order valence-corrected chi connectivity index (χ0v) is 13.3. The molecule has 0 saturated carbocycles. The van der Waals surface area contributed by atoms with Crippen molar-refractivity contribution in [1.29, 1.82) is 0 Å². The van der Waals surface area contributed by atoms with Gasteiger partial charge in [0.1, 0.15) is 0 Å². The van der Waals surface area contributed by atoms with E-state index in [1.807, 2.05) is 27.0 Å². The van der Waals surface area contributed by atoms with E-state index in [9.17, 15) is 13.2 Å². The van der Waals surface area contributed by atoms with Gasteiger partial charge in [0.25, 0.3) is 0 Å². The van der Waals surface area contributed by atoms with Crippen molar-refractivity contribution >= 4 is 15.7 Å². The third-order valence-corrected chi connectivity index (χ3v) is 6.12. The highest BCUT2D eigenvalue weighted by atomic mass is 32.2. The Hall–Kier alpha value is -1.30. The molecule has 0 aliphatic carbocycles. The normalized spacial score (nSPS) is 21.1. The molecule has 0 spiro atoms. The van der Waals surface area contributed by atoms with Crippen LogP contribution in [0.2, 0.25) is 0 Å². The number of nitrogens with zero attached hydrogens (tertiary/aromatic N) is 2.